The number of rotatable bonds is 5. The number of carbonyl (C=O) groups is 4. The maximum atomic E-state index is 12.4. The lowest BCUT2D eigenvalue weighted by molar-refractivity contribution is -0.148. The monoisotopic (exact) mass is 290 g/mol. The van der Waals surface area contributed by atoms with Gasteiger partial charge in [-0.2, -0.15) is 0 Å². The van der Waals surface area contributed by atoms with Crippen LogP contribution in [0, 0.1) is 0 Å². The summed E-state index contributed by atoms with van der Waals surface area (Å²) in [6, 6.07) is -0.959. The molecule has 1 unspecified atom stereocenters. The molecule has 6 nitrogen and oxygen atoms in total. The van der Waals surface area contributed by atoms with Crippen LogP contribution in [0.2, 0.25) is 0 Å². The molecule has 0 saturated carbocycles. The Morgan fingerprint density at radius 2 is 2.10 bits per heavy atom. The van der Waals surface area contributed by atoms with Gasteiger partial charge in [-0.25, -0.2) is 0 Å². The molecule has 0 bridgehead atoms. The Hall–Kier alpha value is -2.50. The van der Waals surface area contributed by atoms with E-state index in [-0.39, 0.29) is 12.8 Å². The Bertz CT molecular complexity index is 546. The van der Waals surface area contributed by atoms with E-state index < -0.39 is 23.8 Å². The van der Waals surface area contributed by atoms with Crippen LogP contribution >= 0.6 is 0 Å². The first-order chi connectivity index (χ1) is 9.96. The second-order valence-corrected chi connectivity index (χ2v) is 4.57. The molecule has 1 rings (SSSR count). The quantitative estimate of drug-likeness (QED) is 0.352. The fourth-order valence-electron chi connectivity index (χ4n) is 2.14. The largest absolute Gasteiger partial charge is 0.295 e. The van der Waals surface area contributed by atoms with Gasteiger partial charge < -0.3 is 0 Å². The van der Waals surface area contributed by atoms with E-state index in [1.807, 2.05) is 0 Å². The summed E-state index contributed by atoms with van der Waals surface area (Å²) in [5, 5.41) is 2.13. The summed E-state index contributed by atoms with van der Waals surface area (Å²) in [5.41, 5.74) is 0.948. The smallest absolute Gasteiger partial charge is 0.260 e. The van der Waals surface area contributed by atoms with E-state index in [0.717, 1.165) is 4.90 Å². The number of amides is 4. The van der Waals surface area contributed by atoms with Crippen LogP contribution in [-0.2, 0) is 19.2 Å². The molecule has 1 aliphatic rings. The Morgan fingerprint density at radius 1 is 1.43 bits per heavy atom. The van der Waals surface area contributed by atoms with Crippen molar-refractivity contribution in [2.75, 3.05) is 0 Å². The summed E-state index contributed by atoms with van der Waals surface area (Å²) < 4.78 is 0. The number of hydrogen-bond acceptors (Lipinski definition) is 4. The van der Waals surface area contributed by atoms with Gasteiger partial charge in [-0.1, -0.05) is 24.8 Å². The molecule has 112 valence electrons. The summed E-state index contributed by atoms with van der Waals surface area (Å²) in [5.74, 6) is -1.60. The molecule has 1 N–H and O–H groups in total. The molecule has 6 heteroatoms. The number of piperidine rings is 1. The van der Waals surface area contributed by atoms with Gasteiger partial charge in [0.15, 0.2) is 0 Å². The van der Waals surface area contributed by atoms with Crippen LogP contribution in [0.1, 0.15) is 26.7 Å². The van der Waals surface area contributed by atoms with Gasteiger partial charge in [0.25, 0.3) is 5.91 Å². The van der Waals surface area contributed by atoms with Crippen LogP contribution in [0.15, 0.2) is 36.0 Å². The average Bonchev–Trinajstić information content (AvgIpc) is 2.43. The SMILES string of the molecule is C=C/C=C(C)\C(=C/C)C(=O)N(C=O)C1CCC(=O)NC1=O. The molecular weight excluding hydrogens is 272 g/mol. The molecule has 0 aromatic carbocycles. The highest BCUT2D eigenvalue weighted by atomic mass is 16.2. The molecule has 1 aliphatic heterocycles. The maximum Gasteiger partial charge on any atom is 0.260 e. The zero-order valence-corrected chi connectivity index (χ0v) is 12.1. The summed E-state index contributed by atoms with van der Waals surface area (Å²) in [6.45, 7) is 6.93. The summed E-state index contributed by atoms with van der Waals surface area (Å²) in [4.78, 5) is 47.4. The van der Waals surface area contributed by atoms with Crippen molar-refractivity contribution in [2.45, 2.75) is 32.7 Å². The fraction of sp³-hybridized carbons (Fsp3) is 0.333. The lowest BCUT2D eigenvalue weighted by atomic mass is 10.0. The van der Waals surface area contributed by atoms with Gasteiger partial charge in [0.1, 0.15) is 6.04 Å². The number of hydrogen-bond donors (Lipinski definition) is 1. The molecule has 0 aromatic rings. The minimum absolute atomic E-state index is 0.0979. The van der Waals surface area contributed by atoms with Crippen LogP contribution in [0.3, 0.4) is 0 Å². The number of carbonyl (C=O) groups excluding carboxylic acids is 4. The fourth-order valence-corrected chi connectivity index (χ4v) is 2.14. The van der Waals surface area contributed by atoms with Gasteiger partial charge in [-0.3, -0.25) is 29.4 Å². The molecule has 0 spiro atoms. The second-order valence-electron chi connectivity index (χ2n) is 4.57. The molecule has 4 amide bonds. The molecule has 0 aromatic heterocycles. The number of allylic oxidation sites excluding steroid dienone is 3. The highest BCUT2D eigenvalue weighted by Crippen LogP contribution is 2.18. The van der Waals surface area contributed by atoms with Crippen molar-refractivity contribution in [3.05, 3.63) is 36.0 Å². The zero-order chi connectivity index (χ0) is 16.0. The minimum Gasteiger partial charge on any atom is -0.295 e. The first kappa shape index (κ1) is 16.6. The van der Waals surface area contributed by atoms with Gasteiger partial charge in [0, 0.05) is 12.0 Å². The van der Waals surface area contributed by atoms with E-state index >= 15 is 0 Å². The molecule has 1 saturated heterocycles. The predicted molar refractivity (Wildman–Crippen MR) is 76.8 cm³/mol. The molecule has 0 aliphatic carbocycles. The third-order valence-corrected chi connectivity index (χ3v) is 3.21. The summed E-state index contributed by atoms with van der Waals surface area (Å²) in [7, 11) is 0. The number of nitrogens with one attached hydrogen (secondary N) is 1. The molecule has 1 atom stereocenters. The van der Waals surface area contributed by atoms with Crippen molar-refractivity contribution < 1.29 is 19.2 Å². The Morgan fingerprint density at radius 3 is 2.57 bits per heavy atom. The standard InChI is InChI=1S/C15H18N2O4/c1-4-6-10(3)11(5-2)15(21)17(9-18)12-7-8-13(19)16-14(12)20/h4-6,9,12H,1,7-8H2,2-3H3,(H,16,19,20)/b10-6-,11-5+. The third kappa shape index (κ3) is 3.75. The van der Waals surface area contributed by atoms with Crippen molar-refractivity contribution in [3.63, 3.8) is 0 Å². The van der Waals surface area contributed by atoms with Crippen molar-refractivity contribution in [1.29, 1.82) is 0 Å². The second kappa shape index (κ2) is 7.33. The van der Waals surface area contributed by atoms with Crippen LogP contribution in [0.4, 0.5) is 0 Å². The number of nitrogens with zero attached hydrogens (tertiary/aromatic N) is 1. The minimum atomic E-state index is -0.959. The van der Waals surface area contributed by atoms with E-state index in [0.29, 0.717) is 17.6 Å². The topological polar surface area (TPSA) is 83.6 Å². The Labute approximate surface area is 123 Å². The first-order valence-electron chi connectivity index (χ1n) is 6.53. The highest BCUT2D eigenvalue weighted by molar-refractivity contribution is 6.08. The third-order valence-electron chi connectivity index (χ3n) is 3.21. The van der Waals surface area contributed by atoms with Crippen molar-refractivity contribution in [1.82, 2.24) is 10.2 Å². The lowest BCUT2D eigenvalue weighted by Crippen LogP contribution is -2.54. The van der Waals surface area contributed by atoms with Gasteiger partial charge in [-0.15, -0.1) is 0 Å². The predicted octanol–water partition coefficient (Wildman–Crippen LogP) is 0.855. The van der Waals surface area contributed by atoms with E-state index in [4.69, 9.17) is 0 Å². The van der Waals surface area contributed by atoms with Gasteiger partial charge in [0.2, 0.25) is 18.2 Å². The number of imide groups is 2. The maximum absolute atomic E-state index is 12.4. The first-order valence-corrected chi connectivity index (χ1v) is 6.53. The van der Waals surface area contributed by atoms with Crippen molar-refractivity contribution in [3.8, 4) is 0 Å². The van der Waals surface area contributed by atoms with Crippen LogP contribution in [-0.4, -0.2) is 35.1 Å². The molecule has 1 fully saturated rings. The van der Waals surface area contributed by atoms with E-state index in [9.17, 15) is 19.2 Å². The van der Waals surface area contributed by atoms with E-state index in [2.05, 4.69) is 11.9 Å². The normalized spacial score (nSPS) is 19.8. The Kier molecular flexibility index (Phi) is 5.78. The molecule has 21 heavy (non-hydrogen) atoms. The van der Waals surface area contributed by atoms with Crippen molar-refractivity contribution in [2.24, 2.45) is 0 Å². The lowest BCUT2D eigenvalue weighted by Gasteiger charge is -2.29. The van der Waals surface area contributed by atoms with E-state index in [1.165, 1.54) is 6.08 Å². The van der Waals surface area contributed by atoms with E-state index in [1.54, 1.807) is 26.0 Å². The molecular formula is C15H18N2O4. The molecule has 0 radical (unpaired) electrons. The van der Waals surface area contributed by atoms with Gasteiger partial charge >= 0.3 is 0 Å². The molecule has 1 heterocycles. The zero-order valence-electron chi connectivity index (χ0n) is 12.1. The highest BCUT2D eigenvalue weighted by Gasteiger charge is 2.35. The summed E-state index contributed by atoms with van der Waals surface area (Å²) in [6.07, 6.45) is 5.30. The summed E-state index contributed by atoms with van der Waals surface area (Å²) >= 11 is 0. The average molecular weight is 290 g/mol. The van der Waals surface area contributed by atoms with Crippen LogP contribution in [0.25, 0.3) is 0 Å². The van der Waals surface area contributed by atoms with Gasteiger partial charge in [0.05, 0.1) is 0 Å². The Balaban J connectivity index is 3.04. The van der Waals surface area contributed by atoms with Crippen LogP contribution < -0.4 is 5.32 Å². The van der Waals surface area contributed by atoms with Crippen LogP contribution in [0.5, 0.6) is 0 Å². The van der Waals surface area contributed by atoms with Gasteiger partial charge in [-0.05, 0) is 25.8 Å². The van der Waals surface area contributed by atoms with Crippen molar-refractivity contribution >= 4 is 24.1 Å².